The summed E-state index contributed by atoms with van der Waals surface area (Å²) in [6.07, 6.45) is 4.53. The van der Waals surface area contributed by atoms with Gasteiger partial charge in [-0.3, -0.25) is 0 Å². The van der Waals surface area contributed by atoms with Crippen molar-refractivity contribution in [1.82, 2.24) is 4.72 Å². The van der Waals surface area contributed by atoms with Gasteiger partial charge in [0.05, 0.1) is 5.75 Å². The second-order valence-corrected chi connectivity index (χ2v) is 7.05. The van der Waals surface area contributed by atoms with E-state index < -0.39 is 10.0 Å². The summed E-state index contributed by atoms with van der Waals surface area (Å²) < 4.78 is 26.1. The van der Waals surface area contributed by atoms with Crippen LogP contribution in [0, 0.1) is 5.92 Å². The molecule has 84 valence electrons. The van der Waals surface area contributed by atoms with E-state index in [0.717, 1.165) is 12.8 Å². The number of hydrogen-bond acceptors (Lipinski definition) is 2. The third-order valence-corrected chi connectivity index (χ3v) is 4.23. The molecule has 0 amide bonds. The lowest BCUT2D eigenvalue weighted by Gasteiger charge is -2.21. The van der Waals surface area contributed by atoms with Gasteiger partial charge in [0.1, 0.15) is 0 Å². The summed E-state index contributed by atoms with van der Waals surface area (Å²) in [7, 11) is -3.07. The topological polar surface area (TPSA) is 46.2 Å². The second kappa shape index (κ2) is 4.19. The molecule has 0 aromatic carbocycles. The van der Waals surface area contributed by atoms with Gasteiger partial charge in [-0.2, -0.15) is 0 Å². The molecule has 1 N–H and O–H groups in total. The van der Waals surface area contributed by atoms with Crippen molar-refractivity contribution < 1.29 is 8.42 Å². The number of sulfonamides is 1. The van der Waals surface area contributed by atoms with E-state index in [-0.39, 0.29) is 5.54 Å². The molecule has 0 saturated heterocycles. The van der Waals surface area contributed by atoms with Crippen LogP contribution in [0.15, 0.2) is 0 Å². The molecule has 0 bridgehead atoms. The van der Waals surface area contributed by atoms with Gasteiger partial charge in [-0.25, -0.2) is 13.1 Å². The van der Waals surface area contributed by atoms with Gasteiger partial charge in [0, 0.05) is 5.54 Å². The van der Waals surface area contributed by atoms with E-state index >= 15 is 0 Å². The zero-order valence-corrected chi connectivity index (χ0v) is 10.2. The molecule has 0 aromatic heterocycles. The van der Waals surface area contributed by atoms with Crippen LogP contribution in [-0.2, 0) is 10.0 Å². The average Bonchev–Trinajstić information content (AvgIpc) is 2.31. The lowest BCUT2D eigenvalue weighted by molar-refractivity contribution is 0.481. The maximum atomic E-state index is 11.7. The lowest BCUT2D eigenvalue weighted by atomic mass is 10.1. The molecule has 1 aliphatic carbocycles. The fourth-order valence-electron chi connectivity index (χ4n) is 2.00. The summed E-state index contributed by atoms with van der Waals surface area (Å²) in [5, 5.41) is 0. The van der Waals surface area contributed by atoms with Crippen molar-refractivity contribution in [3.8, 4) is 0 Å². The molecular formula is C10H21NO2S. The van der Waals surface area contributed by atoms with Crippen LogP contribution in [0.2, 0.25) is 0 Å². The summed E-state index contributed by atoms with van der Waals surface area (Å²) in [4.78, 5) is 0. The van der Waals surface area contributed by atoms with Crippen molar-refractivity contribution in [3.63, 3.8) is 0 Å². The van der Waals surface area contributed by atoms with E-state index in [1.54, 1.807) is 0 Å². The fourth-order valence-corrected chi connectivity index (χ4v) is 3.97. The predicted octanol–water partition coefficient (Wildman–Crippen LogP) is 1.89. The fraction of sp³-hybridized carbons (Fsp3) is 1.00. The Bertz CT molecular complexity index is 271. The minimum atomic E-state index is -3.07. The van der Waals surface area contributed by atoms with Crippen LogP contribution in [0.4, 0.5) is 0 Å². The third kappa shape index (κ3) is 4.42. The predicted molar refractivity (Wildman–Crippen MR) is 58.6 cm³/mol. The highest BCUT2D eigenvalue weighted by Crippen LogP contribution is 2.25. The van der Waals surface area contributed by atoms with Gasteiger partial charge < -0.3 is 0 Å². The van der Waals surface area contributed by atoms with E-state index in [9.17, 15) is 8.42 Å². The van der Waals surface area contributed by atoms with E-state index in [4.69, 9.17) is 0 Å². The first kappa shape index (κ1) is 12.0. The van der Waals surface area contributed by atoms with Crippen LogP contribution in [0.1, 0.15) is 46.5 Å². The SMILES string of the molecule is CC(C)(C)NS(=O)(=O)CC1CCCC1. The molecule has 1 aliphatic rings. The maximum absolute atomic E-state index is 11.7. The number of nitrogens with one attached hydrogen (secondary N) is 1. The monoisotopic (exact) mass is 219 g/mol. The van der Waals surface area contributed by atoms with Crippen LogP contribution >= 0.6 is 0 Å². The van der Waals surface area contributed by atoms with Crippen molar-refractivity contribution >= 4 is 10.0 Å². The van der Waals surface area contributed by atoms with Crippen molar-refractivity contribution in [1.29, 1.82) is 0 Å². The van der Waals surface area contributed by atoms with Crippen molar-refractivity contribution in [3.05, 3.63) is 0 Å². The molecule has 0 radical (unpaired) electrons. The highest BCUT2D eigenvalue weighted by Gasteiger charge is 2.25. The Hall–Kier alpha value is -0.0900. The number of hydrogen-bond donors (Lipinski definition) is 1. The summed E-state index contributed by atoms with van der Waals surface area (Å²) in [5.74, 6) is 0.694. The van der Waals surface area contributed by atoms with Crippen LogP contribution < -0.4 is 4.72 Å². The Balaban J connectivity index is 2.49. The van der Waals surface area contributed by atoms with Gasteiger partial charge in [-0.05, 0) is 39.5 Å². The van der Waals surface area contributed by atoms with Crippen molar-refractivity contribution in [2.75, 3.05) is 5.75 Å². The molecule has 14 heavy (non-hydrogen) atoms. The number of rotatable bonds is 3. The minimum absolute atomic E-state index is 0.310. The Morgan fingerprint density at radius 1 is 1.21 bits per heavy atom. The van der Waals surface area contributed by atoms with Crippen LogP contribution in [0.5, 0.6) is 0 Å². The maximum Gasteiger partial charge on any atom is 0.212 e. The molecule has 0 unspecified atom stereocenters. The normalized spacial score (nSPS) is 20.2. The molecule has 1 saturated carbocycles. The van der Waals surface area contributed by atoms with Gasteiger partial charge >= 0.3 is 0 Å². The van der Waals surface area contributed by atoms with Gasteiger partial charge in [0.2, 0.25) is 10.0 Å². The highest BCUT2D eigenvalue weighted by atomic mass is 32.2. The van der Waals surface area contributed by atoms with Crippen LogP contribution in [0.25, 0.3) is 0 Å². The second-order valence-electron chi connectivity index (χ2n) is 5.28. The van der Waals surface area contributed by atoms with E-state index in [0.29, 0.717) is 11.7 Å². The Morgan fingerprint density at radius 2 is 1.71 bits per heavy atom. The Labute approximate surface area is 87.3 Å². The van der Waals surface area contributed by atoms with Gasteiger partial charge in [0.25, 0.3) is 0 Å². The van der Waals surface area contributed by atoms with Gasteiger partial charge in [-0.15, -0.1) is 0 Å². The smallest absolute Gasteiger partial charge is 0.212 e. The van der Waals surface area contributed by atoms with E-state index in [2.05, 4.69) is 4.72 Å². The average molecular weight is 219 g/mol. The Kier molecular flexibility index (Phi) is 3.58. The molecule has 3 nitrogen and oxygen atoms in total. The first-order valence-electron chi connectivity index (χ1n) is 5.30. The van der Waals surface area contributed by atoms with Crippen molar-refractivity contribution in [2.45, 2.75) is 52.0 Å². The van der Waals surface area contributed by atoms with E-state index in [1.165, 1.54) is 12.8 Å². The first-order valence-corrected chi connectivity index (χ1v) is 6.95. The first-order chi connectivity index (χ1) is 6.29. The molecule has 4 heteroatoms. The standard InChI is InChI=1S/C10H21NO2S/c1-10(2,3)11-14(12,13)8-9-6-4-5-7-9/h9,11H,4-8H2,1-3H3. The summed E-state index contributed by atoms with van der Waals surface area (Å²) in [5.41, 5.74) is -0.350. The summed E-state index contributed by atoms with van der Waals surface area (Å²) >= 11 is 0. The van der Waals surface area contributed by atoms with E-state index in [1.807, 2.05) is 20.8 Å². The Morgan fingerprint density at radius 3 is 2.14 bits per heavy atom. The minimum Gasteiger partial charge on any atom is -0.212 e. The summed E-state index contributed by atoms with van der Waals surface area (Å²) in [6.45, 7) is 5.62. The molecule has 1 fully saturated rings. The molecule has 1 rings (SSSR count). The highest BCUT2D eigenvalue weighted by molar-refractivity contribution is 7.89. The van der Waals surface area contributed by atoms with Gasteiger partial charge in [0.15, 0.2) is 0 Å². The lowest BCUT2D eigenvalue weighted by Crippen LogP contribution is -2.42. The van der Waals surface area contributed by atoms with Crippen LogP contribution in [-0.4, -0.2) is 19.7 Å². The van der Waals surface area contributed by atoms with Crippen molar-refractivity contribution in [2.24, 2.45) is 5.92 Å². The molecular weight excluding hydrogens is 198 g/mol. The van der Waals surface area contributed by atoms with Crippen LogP contribution in [0.3, 0.4) is 0 Å². The molecule has 0 atom stereocenters. The largest absolute Gasteiger partial charge is 0.212 e. The molecule has 0 spiro atoms. The molecule has 0 aliphatic heterocycles. The quantitative estimate of drug-likeness (QED) is 0.788. The molecule has 0 aromatic rings. The third-order valence-electron chi connectivity index (χ3n) is 2.39. The zero-order chi connectivity index (χ0) is 10.8. The van der Waals surface area contributed by atoms with Gasteiger partial charge in [-0.1, -0.05) is 12.8 Å². The molecule has 0 heterocycles. The zero-order valence-electron chi connectivity index (χ0n) is 9.34. The summed E-state index contributed by atoms with van der Waals surface area (Å²) in [6, 6.07) is 0.